The number of β-amino-alcohol motifs (C(OH)–C–C–N with tert-alkyl or cyclic N) is 1. The number of nitrogens with one attached hydrogen (secondary N) is 1. The zero-order valence-corrected chi connectivity index (χ0v) is 13.6. The zero-order chi connectivity index (χ0) is 17.2. The minimum absolute atomic E-state index is 0.220. The number of hydrogen-bond donors (Lipinski definition) is 2. The van der Waals surface area contributed by atoms with Crippen molar-refractivity contribution < 1.29 is 14.3 Å². The molecule has 1 aliphatic heterocycles. The number of hydrogen-bond acceptors (Lipinski definition) is 5. The molecule has 0 aliphatic carbocycles. The largest absolute Gasteiger partial charge is 0.435 e. The molecule has 0 unspecified atom stereocenters. The minimum Gasteiger partial charge on any atom is -0.435 e. The van der Waals surface area contributed by atoms with E-state index in [0.29, 0.717) is 41.5 Å². The molecular weight excluding hydrogens is 320 g/mol. The predicted molar refractivity (Wildman–Crippen MR) is 93.1 cm³/mol. The van der Waals surface area contributed by atoms with Gasteiger partial charge in [0.2, 0.25) is 5.89 Å². The van der Waals surface area contributed by atoms with E-state index < -0.39 is 6.10 Å². The summed E-state index contributed by atoms with van der Waals surface area (Å²) in [6.07, 6.45) is 2.79. The van der Waals surface area contributed by atoms with Gasteiger partial charge in [-0.3, -0.25) is 4.98 Å². The number of urea groups is 1. The van der Waals surface area contributed by atoms with Gasteiger partial charge in [-0.25, -0.2) is 9.78 Å². The number of anilines is 1. The highest BCUT2D eigenvalue weighted by Crippen LogP contribution is 2.25. The number of likely N-dealkylation sites (tertiary alicyclic amines) is 1. The number of pyridine rings is 1. The minimum atomic E-state index is -0.447. The molecule has 1 saturated heterocycles. The molecule has 3 heterocycles. The number of nitrogens with zero attached hydrogens (tertiary/aromatic N) is 3. The number of piperidine rings is 1. The lowest BCUT2D eigenvalue weighted by Gasteiger charge is -2.30. The fraction of sp³-hybridized carbons (Fsp3) is 0.278. The summed E-state index contributed by atoms with van der Waals surface area (Å²) >= 11 is 0. The summed E-state index contributed by atoms with van der Waals surface area (Å²) in [5.41, 5.74) is 2.57. The third-order valence-corrected chi connectivity index (χ3v) is 4.21. The Balaban J connectivity index is 1.54. The van der Waals surface area contributed by atoms with Crippen molar-refractivity contribution in [3.05, 3.63) is 42.6 Å². The van der Waals surface area contributed by atoms with Crippen LogP contribution in [0.15, 0.2) is 47.0 Å². The first-order valence-corrected chi connectivity index (χ1v) is 8.25. The van der Waals surface area contributed by atoms with Crippen molar-refractivity contribution in [3.8, 4) is 11.6 Å². The number of aromatic nitrogens is 2. The van der Waals surface area contributed by atoms with Crippen LogP contribution < -0.4 is 5.32 Å². The van der Waals surface area contributed by atoms with E-state index in [1.54, 1.807) is 29.3 Å². The lowest BCUT2D eigenvalue weighted by molar-refractivity contribution is 0.0883. The van der Waals surface area contributed by atoms with Crippen LogP contribution in [-0.4, -0.2) is 45.2 Å². The molecular formula is C18H18N4O3. The molecule has 7 nitrogen and oxygen atoms in total. The molecule has 25 heavy (non-hydrogen) atoms. The van der Waals surface area contributed by atoms with Gasteiger partial charge in [-0.2, -0.15) is 0 Å². The van der Waals surface area contributed by atoms with Crippen molar-refractivity contribution in [1.82, 2.24) is 14.9 Å². The van der Waals surface area contributed by atoms with Crippen LogP contribution >= 0.6 is 0 Å². The number of fused-ring (bicyclic) bond motifs is 1. The van der Waals surface area contributed by atoms with Gasteiger partial charge < -0.3 is 19.7 Å². The van der Waals surface area contributed by atoms with Crippen molar-refractivity contribution in [3.63, 3.8) is 0 Å². The second-order valence-electron chi connectivity index (χ2n) is 6.09. The summed E-state index contributed by atoms with van der Waals surface area (Å²) in [4.78, 5) is 22.6. The van der Waals surface area contributed by atoms with Crippen LogP contribution in [-0.2, 0) is 0 Å². The molecule has 3 aromatic rings. The summed E-state index contributed by atoms with van der Waals surface area (Å²) in [5, 5.41) is 12.5. The lowest BCUT2D eigenvalue weighted by Crippen LogP contribution is -2.44. The van der Waals surface area contributed by atoms with Crippen LogP contribution in [0.1, 0.15) is 12.8 Å². The van der Waals surface area contributed by atoms with E-state index in [-0.39, 0.29) is 6.03 Å². The third-order valence-electron chi connectivity index (χ3n) is 4.21. The topological polar surface area (TPSA) is 91.5 Å². The second-order valence-corrected chi connectivity index (χ2v) is 6.09. The summed E-state index contributed by atoms with van der Waals surface area (Å²) in [6, 6.07) is 10.6. The highest BCUT2D eigenvalue weighted by molar-refractivity contribution is 5.92. The molecule has 0 saturated carbocycles. The second kappa shape index (κ2) is 6.52. The maximum atomic E-state index is 12.3. The number of aliphatic hydroxyl groups excluding tert-OH is 1. The molecule has 1 fully saturated rings. The van der Waals surface area contributed by atoms with Gasteiger partial charge in [0.25, 0.3) is 0 Å². The van der Waals surface area contributed by atoms with Crippen molar-refractivity contribution in [1.29, 1.82) is 0 Å². The van der Waals surface area contributed by atoms with E-state index in [1.165, 1.54) is 0 Å². The van der Waals surface area contributed by atoms with Crippen LogP contribution in [0.3, 0.4) is 0 Å². The predicted octanol–water partition coefficient (Wildman–Crippen LogP) is 2.88. The fourth-order valence-corrected chi connectivity index (χ4v) is 2.94. The van der Waals surface area contributed by atoms with Crippen LogP contribution in [0.4, 0.5) is 10.5 Å². The summed E-state index contributed by atoms with van der Waals surface area (Å²) in [5.74, 6) is 0.443. The molecule has 7 heteroatoms. The Bertz CT molecular complexity index is 894. The molecule has 0 bridgehead atoms. The van der Waals surface area contributed by atoms with E-state index >= 15 is 0 Å². The average molecular weight is 338 g/mol. The standard InChI is InChI=1S/C18H18N4O3/c23-13-4-3-9-22(11-13)18(24)20-12-6-7-14-16(10-12)25-17(21-14)15-5-1-2-8-19-15/h1-2,5-8,10,13,23H,3-4,9,11H2,(H,20,24)/t13-/m0/s1. The SMILES string of the molecule is O=C(Nc1ccc2nc(-c3ccccn3)oc2c1)N1CCC[C@H](O)C1. The Morgan fingerprint density at radius 1 is 1.32 bits per heavy atom. The van der Waals surface area contributed by atoms with E-state index in [1.807, 2.05) is 18.2 Å². The Hall–Kier alpha value is -2.93. The quantitative estimate of drug-likeness (QED) is 0.750. The van der Waals surface area contributed by atoms with E-state index in [4.69, 9.17) is 4.42 Å². The van der Waals surface area contributed by atoms with Crippen molar-refractivity contribution >= 4 is 22.8 Å². The normalized spacial score (nSPS) is 17.6. The van der Waals surface area contributed by atoms with Gasteiger partial charge in [0.05, 0.1) is 6.10 Å². The van der Waals surface area contributed by atoms with Gasteiger partial charge in [-0.05, 0) is 37.1 Å². The highest BCUT2D eigenvalue weighted by atomic mass is 16.3. The van der Waals surface area contributed by atoms with Gasteiger partial charge in [0.15, 0.2) is 5.58 Å². The van der Waals surface area contributed by atoms with Gasteiger partial charge in [0, 0.05) is 31.0 Å². The number of amides is 2. The first kappa shape index (κ1) is 15.6. The van der Waals surface area contributed by atoms with Crippen molar-refractivity contribution in [2.24, 2.45) is 0 Å². The van der Waals surface area contributed by atoms with Crippen molar-refractivity contribution in [2.75, 3.05) is 18.4 Å². The van der Waals surface area contributed by atoms with Crippen molar-refractivity contribution in [2.45, 2.75) is 18.9 Å². The molecule has 2 amide bonds. The third kappa shape index (κ3) is 3.32. The molecule has 1 atom stereocenters. The number of carbonyl (C=O) groups is 1. The van der Waals surface area contributed by atoms with Crippen LogP contribution in [0.25, 0.3) is 22.7 Å². The van der Waals surface area contributed by atoms with Gasteiger partial charge in [-0.15, -0.1) is 0 Å². The van der Waals surface area contributed by atoms with E-state index in [9.17, 15) is 9.90 Å². The Morgan fingerprint density at radius 3 is 3.04 bits per heavy atom. The maximum Gasteiger partial charge on any atom is 0.321 e. The first-order chi connectivity index (χ1) is 12.2. The van der Waals surface area contributed by atoms with Crippen LogP contribution in [0.5, 0.6) is 0 Å². The molecule has 2 N–H and O–H groups in total. The molecule has 0 spiro atoms. The highest BCUT2D eigenvalue weighted by Gasteiger charge is 2.22. The lowest BCUT2D eigenvalue weighted by atomic mass is 10.1. The van der Waals surface area contributed by atoms with E-state index in [0.717, 1.165) is 12.8 Å². The number of rotatable bonds is 2. The Kier molecular flexibility index (Phi) is 4.07. The fourth-order valence-electron chi connectivity index (χ4n) is 2.94. The maximum absolute atomic E-state index is 12.3. The van der Waals surface area contributed by atoms with Gasteiger partial charge in [-0.1, -0.05) is 6.07 Å². The molecule has 4 rings (SSSR count). The first-order valence-electron chi connectivity index (χ1n) is 8.25. The summed E-state index contributed by atoms with van der Waals surface area (Å²) in [6.45, 7) is 1.01. The summed E-state index contributed by atoms with van der Waals surface area (Å²) in [7, 11) is 0. The van der Waals surface area contributed by atoms with Gasteiger partial charge in [0.1, 0.15) is 11.2 Å². The zero-order valence-electron chi connectivity index (χ0n) is 13.6. The van der Waals surface area contributed by atoms with Gasteiger partial charge >= 0.3 is 6.03 Å². The number of benzene rings is 1. The Morgan fingerprint density at radius 2 is 2.24 bits per heavy atom. The van der Waals surface area contributed by atoms with Crippen LogP contribution in [0, 0.1) is 0 Å². The monoisotopic (exact) mass is 338 g/mol. The molecule has 2 aromatic heterocycles. The van der Waals surface area contributed by atoms with E-state index in [2.05, 4.69) is 15.3 Å². The number of aliphatic hydroxyl groups is 1. The molecule has 128 valence electrons. The molecule has 0 radical (unpaired) electrons. The molecule has 1 aliphatic rings. The smallest absolute Gasteiger partial charge is 0.321 e. The van der Waals surface area contributed by atoms with Crippen LogP contribution in [0.2, 0.25) is 0 Å². The summed E-state index contributed by atoms with van der Waals surface area (Å²) < 4.78 is 5.76. The number of carbonyl (C=O) groups excluding carboxylic acids is 1. The Labute approximate surface area is 144 Å². The molecule has 1 aromatic carbocycles. The average Bonchev–Trinajstić information content (AvgIpc) is 3.06. The number of oxazole rings is 1.